The molecule has 1 rings (SSSR count). The molecule has 1 aromatic carbocycles. The standard InChI is InChI=1S/C11H13ClF2O2S/c1-11(2,17(3,15)16)10(12)8-5-4-7(13)6-9(8)14/h4-6,10H,1-3H3. The maximum absolute atomic E-state index is 13.5. The van der Waals surface area contributed by atoms with Crippen LogP contribution in [0, 0.1) is 11.6 Å². The number of benzene rings is 1. The summed E-state index contributed by atoms with van der Waals surface area (Å²) in [4.78, 5) is 0. The molecule has 2 nitrogen and oxygen atoms in total. The second-order valence-electron chi connectivity index (χ2n) is 4.40. The minimum Gasteiger partial charge on any atom is -0.229 e. The Morgan fingerprint density at radius 2 is 1.82 bits per heavy atom. The van der Waals surface area contributed by atoms with Gasteiger partial charge in [0.25, 0.3) is 0 Å². The number of alkyl halides is 1. The first-order valence-corrected chi connectivity index (χ1v) is 7.19. The van der Waals surface area contributed by atoms with Crippen molar-refractivity contribution in [3.8, 4) is 0 Å². The summed E-state index contributed by atoms with van der Waals surface area (Å²) in [6.07, 6.45) is 1.03. The lowest BCUT2D eigenvalue weighted by Gasteiger charge is -2.28. The number of rotatable bonds is 3. The highest BCUT2D eigenvalue weighted by Crippen LogP contribution is 2.38. The molecule has 0 aliphatic rings. The van der Waals surface area contributed by atoms with Gasteiger partial charge in [0.15, 0.2) is 9.84 Å². The van der Waals surface area contributed by atoms with Crippen LogP contribution in [0.2, 0.25) is 0 Å². The van der Waals surface area contributed by atoms with Crippen LogP contribution in [0.3, 0.4) is 0 Å². The van der Waals surface area contributed by atoms with E-state index in [1.54, 1.807) is 0 Å². The monoisotopic (exact) mass is 282 g/mol. The summed E-state index contributed by atoms with van der Waals surface area (Å²) in [6.45, 7) is 2.81. The van der Waals surface area contributed by atoms with Crippen LogP contribution in [0.25, 0.3) is 0 Å². The first-order chi connectivity index (χ1) is 7.57. The van der Waals surface area contributed by atoms with Crippen molar-refractivity contribution in [2.45, 2.75) is 24.0 Å². The van der Waals surface area contributed by atoms with Gasteiger partial charge in [0.05, 0.1) is 10.1 Å². The van der Waals surface area contributed by atoms with Gasteiger partial charge in [-0.15, -0.1) is 11.6 Å². The molecule has 0 saturated heterocycles. The molecule has 1 aromatic rings. The Morgan fingerprint density at radius 1 is 1.29 bits per heavy atom. The van der Waals surface area contributed by atoms with Crippen LogP contribution >= 0.6 is 11.6 Å². The molecular formula is C11H13ClF2O2S. The highest BCUT2D eigenvalue weighted by molar-refractivity contribution is 7.92. The fourth-order valence-corrected chi connectivity index (χ4v) is 2.43. The van der Waals surface area contributed by atoms with Crippen LogP contribution in [0.15, 0.2) is 18.2 Å². The predicted octanol–water partition coefficient (Wildman–Crippen LogP) is 3.07. The van der Waals surface area contributed by atoms with Gasteiger partial charge in [-0.25, -0.2) is 17.2 Å². The van der Waals surface area contributed by atoms with E-state index in [2.05, 4.69) is 0 Å². The molecule has 0 aliphatic carbocycles. The first kappa shape index (κ1) is 14.4. The summed E-state index contributed by atoms with van der Waals surface area (Å²) in [5.41, 5.74) is -0.0245. The van der Waals surface area contributed by atoms with E-state index in [9.17, 15) is 17.2 Å². The van der Waals surface area contributed by atoms with Gasteiger partial charge >= 0.3 is 0 Å². The number of hydrogen-bond donors (Lipinski definition) is 0. The Hall–Kier alpha value is -0.680. The van der Waals surface area contributed by atoms with E-state index in [1.165, 1.54) is 13.8 Å². The predicted molar refractivity (Wildman–Crippen MR) is 63.9 cm³/mol. The summed E-state index contributed by atoms with van der Waals surface area (Å²) < 4.78 is 48.0. The maximum atomic E-state index is 13.5. The van der Waals surface area contributed by atoms with Gasteiger partial charge in [-0.1, -0.05) is 6.07 Å². The minimum absolute atomic E-state index is 0.0245. The molecule has 0 aromatic heterocycles. The minimum atomic E-state index is -3.47. The van der Waals surface area contributed by atoms with Crippen molar-refractivity contribution in [1.29, 1.82) is 0 Å². The molecule has 0 fully saturated rings. The summed E-state index contributed by atoms with van der Waals surface area (Å²) in [5.74, 6) is -1.57. The van der Waals surface area contributed by atoms with E-state index in [4.69, 9.17) is 11.6 Å². The smallest absolute Gasteiger partial charge is 0.154 e. The zero-order valence-electron chi connectivity index (χ0n) is 9.67. The molecule has 0 amide bonds. The lowest BCUT2D eigenvalue weighted by Crippen LogP contribution is -2.35. The summed E-state index contributed by atoms with van der Waals surface area (Å²) in [5, 5.41) is -1.09. The van der Waals surface area contributed by atoms with E-state index in [-0.39, 0.29) is 5.56 Å². The Morgan fingerprint density at radius 3 is 2.24 bits per heavy atom. The van der Waals surface area contributed by atoms with Crippen LogP contribution < -0.4 is 0 Å². The maximum Gasteiger partial charge on any atom is 0.154 e. The van der Waals surface area contributed by atoms with Gasteiger partial charge in [0.1, 0.15) is 11.6 Å². The molecule has 0 spiro atoms. The molecule has 0 aliphatic heterocycles. The lowest BCUT2D eigenvalue weighted by molar-refractivity contribution is 0.525. The second kappa shape index (κ2) is 4.53. The third-order valence-corrected chi connectivity index (χ3v) is 5.86. The van der Waals surface area contributed by atoms with Crippen molar-refractivity contribution in [2.75, 3.05) is 6.26 Å². The molecule has 0 bridgehead atoms. The van der Waals surface area contributed by atoms with Crippen molar-refractivity contribution in [3.63, 3.8) is 0 Å². The van der Waals surface area contributed by atoms with Crippen molar-refractivity contribution in [3.05, 3.63) is 35.4 Å². The van der Waals surface area contributed by atoms with E-state index in [1.807, 2.05) is 0 Å². The highest BCUT2D eigenvalue weighted by atomic mass is 35.5. The van der Waals surface area contributed by atoms with Gasteiger partial charge in [0.2, 0.25) is 0 Å². The first-order valence-electron chi connectivity index (χ1n) is 4.86. The van der Waals surface area contributed by atoms with Crippen LogP contribution in [-0.4, -0.2) is 19.4 Å². The summed E-state index contributed by atoms with van der Waals surface area (Å²) >= 11 is 6.00. The van der Waals surface area contributed by atoms with E-state index in [0.29, 0.717) is 6.07 Å². The van der Waals surface area contributed by atoms with Gasteiger partial charge in [-0.2, -0.15) is 0 Å². The molecule has 0 saturated carbocycles. The molecule has 0 radical (unpaired) electrons. The topological polar surface area (TPSA) is 34.1 Å². The van der Waals surface area contributed by atoms with Crippen LogP contribution in [-0.2, 0) is 9.84 Å². The zero-order chi connectivity index (χ0) is 13.4. The average Bonchev–Trinajstić information content (AvgIpc) is 2.14. The largest absolute Gasteiger partial charge is 0.229 e. The zero-order valence-corrected chi connectivity index (χ0v) is 11.2. The number of sulfone groups is 1. The van der Waals surface area contributed by atoms with Gasteiger partial charge in [-0.3, -0.25) is 0 Å². The van der Waals surface area contributed by atoms with Crippen LogP contribution in [0.4, 0.5) is 8.78 Å². The van der Waals surface area contributed by atoms with Gasteiger partial charge in [0, 0.05) is 17.9 Å². The number of halogens is 3. The van der Waals surface area contributed by atoms with Crippen molar-refractivity contribution < 1.29 is 17.2 Å². The Labute approximate surface area is 105 Å². The Bertz CT molecular complexity index is 526. The van der Waals surface area contributed by atoms with Crippen molar-refractivity contribution in [1.82, 2.24) is 0 Å². The molecule has 96 valence electrons. The quantitative estimate of drug-likeness (QED) is 0.799. The highest BCUT2D eigenvalue weighted by Gasteiger charge is 2.40. The van der Waals surface area contributed by atoms with E-state index >= 15 is 0 Å². The lowest BCUT2D eigenvalue weighted by atomic mass is 10.0. The molecular weight excluding hydrogens is 270 g/mol. The Kier molecular flexibility index (Phi) is 3.84. The van der Waals surface area contributed by atoms with E-state index in [0.717, 1.165) is 18.4 Å². The molecule has 0 N–H and O–H groups in total. The van der Waals surface area contributed by atoms with Crippen molar-refractivity contribution in [2.24, 2.45) is 0 Å². The summed E-state index contributed by atoms with van der Waals surface area (Å²) in [7, 11) is -3.47. The van der Waals surface area contributed by atoms with Gasteiger partial charge < -0.3 is 0 Å². The normalized spacial score (nSPS) is 14.7. The summed E-state index contributed by atoms with van der Waals surface area (Å²) in [6, 6.07) is 2.89. The van der Waals surface area contributed by atoms with Crippen LogP contribution in [0.1, 0.15) is 24.8 Å². The van der Waals surface area contributed by atoms with Gasteiger partial charge in [-0.05, 0) is 19.9 Å². The SMILES string of the molecule is CC(C)(C(Cl)c1ccc(F)cc1F)S(C)(=O)=O. The average molecular weight is 283 g/mol. The van der Waals surface area contributed by atoms with E-state index < -0.39 is 31.6 Å². The van der Waals surface area contributed by atoms with Crippen LogP contribution in [0.5, 0.6) is 0 Å². The fourth-order valence-electron chi connectivity index (χ4n) is 1.27. The van der Waals surface area contributed by atoms with Crippen molar-refractivity contribution >= 4 is 21.4 Å². The molecule has 1 unspecified atom stereocenters. The Balaban J connectivity index is 3.26. The third-order valence-electron chi connectivity index (χ3n) is 2.80. The molecule has 0 heterocycles. The molecule has 1 atom stereocenters. The third kappa shape index (κ3) is 2.77. The molecule has 6 heteroatoms. The number of hydrogen-bond acceptors (Lipinski definition) is 2. The second-order valence-corrected chi connectivity index (χ2v) is 7.44. The molecule has 17 heavy (non-hydrogen) atoms. The fraction of sp³-hybridized carbons (Fsp3) is 0.455.